The number of halogens is 1. The third-order valence-electron chi connectivity index (χ3n) is 3.54. The van der Waals surface area contributed by atoms with E-state index >= 15 is 0 Å². The maximum absolute atomic E-state index is 5.49. The van der Waals surface area contributed by atoms with Crippen LogP contribution in [0.2, 0.25) is 0 Å². The van der Waals surface area contributed by atoms with Gasteiger partial charge < -0.3 is 19.7 Å². The summed E-state index contributed by atoms with van der Waals surface area (Å²) in [6.07, 6.45) is 1.84. The van der Waals surface area contributed by atoms with Crippen molar-refractivity contribution in [1.29, 1.82) is 0 Å². The van der Waals surface area contributed by atoms with E-state index in [1.165, 1.54) is 0 Å². The molecule has 0 amide bonds. The predicted octanol–water partition coefficient (Wildman–Crippen LogP) is 2.28. The molecule has 21 heavy (non-hydrogen) atoms. The van der Waals surface area contributed by atoms with Gasteiger partial charge in [-0.25, -0.2) is 9.97 Å². The maximum atomic E-state index is 5.49. The summed E-state index contributed by atoms with van der Waals surface area (Å²) in [5.41, 5.74) is 1.90. The molecule has 1 fully saturated rings. The first kappa shape index (κ1) is 14.3. The highest BCUT2D eigenvalue weighted by atomic mass is 79.9. The zero-order valence-electron chi connectivity index (χ0n) is 12.0. The molecule has 0 aliphatic carbocycles. The highest BCUT2D eigenvalue weighted by molar-refractivity contribution is 9.10. The molecule has 1 aromatic carbocycles. The Morgan fingerprint density at radius 1 is 1.38 bits per heavy atom. The molecule has 0 spiro atoms. The quantitative estimate of drug-likeness (QED) is 0.914. The van der Waals surface area contributed by atoms with Gasteiger partial charge in [-0.05, 0) is 22.0 Å². The molecule has 0 saturated carbocycles. The molecule has 2 heterocycles. The molecule has 0 atom stereocenters. The van der Waals surface area contributed by atoms with E-state index in [9.17, 15) is 0 Å². The van der Waals surface area contributed by atoms with Crippen molar-refractivity contribution in [2.45, 2.75) is 0 Å². The summed E-state index contributed by atoms with van der Waals surface area (Å²) < 4.78 is 11.8. The molecule has 1 saturated heterocycles. The normalized spacial score (nSPS) is 15.3. The SMILES string of the molecule is CNc1ncc2c(N3CCOCC3)cc(Br)c(OC)c2n1. The van der Waals surface area contributed by atoms with Gasteiger partial charge in [-0.3, -0.25) is 0 Å². The second kappa shape index (κ2) is 6.03. The lowest BCUT2D eigenvalue weighted by Gasteiger charge is -2.30. The number of nitrogens with one attached hydrogen (secondary N) is 1. The van der Waals surface area contributed by atoms with Gasteiger partial charge >= 0.3 is 0 Å². The lowest BCUT2D eigenvalue weighted by Crippen LogP contribution is -2.36. The van der Waals surface area contributed by atoms with Crippen LogP contribution >= 0.6 is 15.9 Å². The zero-order valence-corrected chi connectivity index (χ0v) is 13.6. The molecule has 2 aromatic rings. The molecule has 1 aliphatic rings. The number of benzene rings is 1. The summed E-state index contributed by atoms with van der Waals surface area (Å²) in [6, 6.07) is 2.06. The summed E-state index contributed by atoms with van der Waals surface area (Å²) in [6.45, 7) is 3.20. The molecule has 7 heteroatoms. The Bertz CT molecular complexity index is 659. The number of morpholine rings is 1. The Balaban J connectivity index is 2.20. The Kier molecular flexibility index (Phi) is 4.12. The molecule has 0 radical (unpaired) electrons. The summed E-state index contributed by atoms with van der Waals surface area (Å²) in [5, 5.41) is 3.94. The van der Waals surface area contributed by atoms with E-state index in [-0.39, 0.29) is 0 Å². The number of aromatic nitrogens is 2. The largest absolute Gasteiger partial charge is 0.493 e. The minimum absolute atomic E-state index is 0.576. The van der Waals surface area contributed by atoms with E-state index in [1.807, 2.05) is 6.20 Å². The predicted molar refractivity (Wildman–Crippen MR) is 86.4 cm³/mol. The third kappa shape index (κ3) is 2.63. The van der Waals surface area contributed by atoms with Gasteiger partial charge in [0.25, 0.3) is 0 Å². The van der Waals surface area contributed by atoms with Crippen LogP contribution in [-0.2, 0) is 4.74 Å². The number of rotatable bonds is 3. The van der Waals surface area contributed by atoms with Crippen LogP contribution in [0.25, 0.3) is 10.9 Å². The van der Waals surface area contributed by atoms with E-state index in [0.29, 0.717) is 5.95 Å². The van der Waals surface area contributed by atoms with Crippen molar-refractivity contribution >= 4 is 38.5 Å². The second-order valence-corrected chi connectivity index (χ2v) is 5.57. The van der Waals surface area contributed by atoms with E-state index < -0.39 is 0 Å². The van der Waals surface area contributed by atoms with Crippen molar-refractivity contribution in [2.24, 2.45) is 0 Å². The Morgan fingerprint density at radius 2 is 2.14 bits per heavy atom. The molecule has 1 aliphatic heterocycles. The average Bonchev–Trinajstić information content (AvgIpc) is 2.54. The van der Waals surface area contributed by atoms with Crippen LogP contribution in [0.15, 0.2) is 16.7 Å². The lowest BCUT2D eigenvalue weighted by atomic mass is 10.1. The van der Waals surface area contributed by atoms with Gasteiger partial charge in [0.15, 0.2) is 5.75 Å². The molecular weight excluding hydrogens is 336 g/mol. The zero-order chi connectivity index (χ0) is 14.8. The summed E-state index contributed by atoms with van der Waals surface area (Å²) in [5.74, 6) is 1.30. The van der Waals surface area contributed by atoms with Crippen LogP contribution in [0.5, 0.6) is 5.75 Å². The number of hydrogen-bond acceptors (Lipinski definition) is 6. The second-order valence-electron chi connectivity index (χ2n) is 4.72. The molecule has 6 nitrogen and oxygen atoms in total. The third-order valence-corrected chi connectivity index (χ3v) is 4.13. The smallest absolute Gasteiger partial charge is 0.223 e. The minimum atomic E-state index is 0.576. The van der Waals surface area contributed by atoms with Crippen molar-refractivity contribution in [2.75, 3.05) is 50.7 Å². The molecule has 112 valence electrons. The van der Waals surface area contributed by atoms with Gasteiger partial charge in [0.2, 0.25) is 5.95 Å². The molecule has 3 rings (SSSR count). The van der Waals surface area contributed by atoms with Gasteiger partial charge in [0.05, 0.1) is 24.8 Å². The van der Waals surface area contributed by atoms with Crippen LogP contribution in [0, 0.1) is 0 Å². The fourth-order valence-corrected chi connectivity index (χ4v) is 3.07. The standard InChI is InChI=1S/C14H17BrN4O2/c1-16-14-17-8-9-11(19-3-5-21-6-4-19)7-10(15)13(20-2)12(9)18-14/h7-8H,3-6H2,1-2H3,(H,16,17,18). The van der Waals surface area contributed by atoms with Gasteiger partial charge in [0.1, 0.15) is 5.52 Å². The Labute approximate surface area is 131 Å². The van der Waals surface area contributed by atoms with Crippen molar-refractivity contribution in [1.82, 2.24) is 9.97 Å². The van der Waals surface area contributed by atoms with Crippen LogP contribution in [0.1, 0.15) is 0 Å². The average molecular weight is 353 g/mol. The summed E-state index contributed by atoms with van der Waals surface area (Å²) >= 11 is 3.58. The van der Waals surface area contributed by atoms with Crippen LogP contribution in [-0.4, -0.2) is 50.4 Å². The van der Waals surface area contributed by atoms with Crippen molar-refractivity contribution in [3.8, 4) is 5.75 Å². The fraction of sp³-hybridized carbons (Fsp3) is 0.429. The first-order valence-electron chi connectivity index (χ1n) is 6.78. The number of fused-ring (bicyclic) bond motifs is 1. The van der Waals surface area contributed by atoms with Crippen LogP contribution in [0.3, 0.4) is 0 Å². The number of ether oxygens (including phenoxy) is 2. The van der Waals surface area contributed by atoms with Crippen molar-refractivity contribution in [3.05, 3.63) is 16.7 Å². The van der Waals surface area contributed by atoms with Gasteiger partial charge in [-0.2, -0.15) is 0 Å². The summed E-state index contributed by atoms with van der Waals surface area (Å²) in [7, 11) is 3.45. The summed E-state index contributed by atoms with van der Waals surface area (Å²) in [4.78, 5) is 11.2. The monoisotopic (exact) mass is 352 g/mol. The van der Waals surface area contributed by atoms with E-state index in [1.54, 1.807) is 14.2 Å². The van der Waals surface area contributed by atoms with E-state index in [4.69, 9.17) is 9.47 Å². The molecule has 1 aromatic heterocycles. The molecular formula is C14H17BrN4O2. The number of anilines is 2. The Morgan fingerprint density at radius 3 is 2.81 bits per heavy atom. The topological polar surface area (TPSA) is 59.5 Å². The number of methoxy groups -OCH3 is 1. The number of hydrogen-bond donors (Lipinski definition) is 1. The highest BCUT2D eigenvalue weighted by Gasteiger charge is 2.19. The highest BCUT2D eigenvalue weighted by Crippen LogP contribution is 2.39. The van der Waals surface area contributed by atoms with Gasteiger partial charge in [0, 0.05) is 37.4 Å². The first-order chi connectivity index (χ1) is 10.2. The molecule has 0 bridgehead atoms. The molecule has 0 unspecified atom stereocenters. The van der Waals surface area contributed by atoms with Gasteiger partial charge in [-0.1, -0.05) is 0 Å². The molecule has 1 N–H and O–H groups in total. The maximum Gasteiger partial charge on any atom is 0.223 e. The fourth-order valence-electron chi connectivity index (χ4n) is 2.50. The van der Waals surface area contributed by atoms with Crippen molar-refractivity contribution in [3.63, 3.8) is 0 Å². The van der Waals surface area contributed by atoms with E-state index in [0.717, 1.165) is 53.1 Å². The minimum Gasteiger partial charge on any atom is -0.493 e. The number of nitrogens with zero attached hydrogens (tertiary/aromatic N) is 3. The van der Waals surface area contributed by atoms with Gasteiger partial charge in [-0.15, -0.1) is 0 Å². The van der Waals surface area contributed by atoms with E-state index in [2.05, 4.69) is 42.2 Å². The lowest BCUT2D eigenvalue weighted by molar-refractivity contribution is 0.123. The Hall–Kier alpha value is -1.60. The van der Waals surface area contributed by atoms with Crippen molar-refractivity contribution < 1.29 is 9.47 Å². The van der Waals surface area contributed by atoms with Crippen LogP contribution < -0.4 is 15.0 Å². The first-order valence-corrected chi connectivity index (χ1v) is 7.57. The van der Waals surface area contributed by atoms with Crippen LogP contribution in [0.4, 0.5) is 11.6 Å².